The fraction of sp³-hybridized carbons (Fsp3) is 0.750. The maximum Gasteiger partial charge on any atom is 0.134 e. The molecule has 110 valence electrons. The summed E-state index contributed by atoms with van der Waals surface area (Å²) in [5.74, 6) is 1.79. The average molecular weight is 275 g/mol. The van der Waals surface area contributed by atoms with Gasteiger partial charge < -0.3 is 10.1 Å². The van der Waals surface area contributed by atoms with E-state index in [1.54, 1.807) is 7.11 Å². The first-order valence-electron chi connectivity index (χ1n) is 7.76. The van der Waals surface area contributed by atoms with Crippen LogP contribution in [-0.2, 0) is 23.0 Å². The minimum atomic E-state index is 0.285. The molecule has 1 N–H and O–H groups in total. The van der Waals surface area contributed by atoms with Gasteiger partial charge in [-0.1, -0.05) is 6.92 Å². The number of nitrogens with one attached hydrogen (secondary N) is 1. The predicted molar refractivity (Wildman–Crippen MR) is 78.9 cm³/mol. The summed E-state index contributed by atoms with van der Waals surface area (Å²) >= 11 is 0. The zero-order valence-electron chi connectivity index (χ0n) is 12.6. The summed E-state index contributed by atoms with van der Waals surface area (Å²) in [7, 11) is 1.74. The molecule has 1 saturated carbocycles. The number of fused-ring (bicyclic) bond motifs is 1. The van der Waals surface area contributed by atoms with Crippen molar-refractivity contribution in [3.63, 3.8) is 0 Å². The molecule has 1 fully saturated rings. The molecule has 20 heavy (non-hydrogen) atoms. The third-order valence-electron chi connectivity index (χ3n) is 4.71. The summed E-state index contributed by atoms with van der Waals surface area (Å²) < 4.78 is 5.06. The maximum atomic E-state index is 5.06. The molecule has 2 aliphatic carbocycles. The molecule has 0 radical (unpaired) electrons. The van der Waals surface area contributed by atoms with Gasteiger partial charge in [0, 0.05) is 31.0 Å². The highest BCUT2D eigenvalue weighted by Gasteiger charge is 2.42. The Hall–Kier alpha value is -1.00. The van der Waals surface area contributed by atoms with E-state index >= 15 is 0 Å². The van der Waals surface area contributed by atoms with Crippen molar-refractivity contribution in [1.29, 1.82) is 0 Å². The normalized spacial score (nSPS) is 23.4. The lowest BCUT2D eigenvalue weighted by Crippen LogP contribution is -2.30. The van der Waals surface area contributed by atoms with Crippen LogP contribution in [0, 0.1) is 5.92 Å². The number of ether oxygens (including phenoxy) is 1. The molecule has 0 aromatic carbocycles. The van der Waals surface area contributed by atoms with E-state index in [2.05, 4.69) is 23.4 Å². The number of hydrogen-bond donors (Lipinski definition) is 1. The molecule has 3 rings (SSSR count). The molecule has 0 saturated heterocycles. The summed E-state index contributed by atoms with van der Waals surface area (Å²) in [6.07, 6.45) is 8.04. The molecule has 4 heteroatoms. The Bertz CT molecular complexity index is 471. The van der Waals surface area contributed by atoms with Gasteiger partial charge in [0.25, 0.3) is 0 Å². The van der Waals surface area contributed by atoms with Crippen molar-refractivity contribution in [3.8, 4) is 0 Å². The predicted octanol–water partition coefficient (Wildman–Crippen LogP) is 1.87. The van der Waals surface area contributed by atoms with Gasteiger partial charge in [-0.05, 0) is 50.1 Å². The fourth-order valence-electron chi connectivity index (χ4n) is 2.94. The first kappa shape index (κ1) is 14.0. The highest BCUT2D eigenvalue weighted by Crippen LogP contribution is 2.46. The lowest BCUT2D eigenvalue weighted by atomic mass is 9.87. The van der Waals surface area contributed by atoms with Gasteiger partial charge in [0.15, 0.2) is 0 Å². The topological polar surface area (TPSA) is 47.0 Å². The summed E-state index contributed by atoms with van der Waals surface area (Å²) in [5.41, 5.74) is 2.95. The molecule has 1 atom stereocenters. The molecular weight excluding hydrogens is 250 g/mol. The van der Waals surface area contributed by atoms with E-state index in [4.69, 9.17) is 9.72 Å². The van der Waals surface area contributed by atoms with Gasteiger partial charge in [0.05, 0.1) is 6.61 Å². The van der Waals surface area contributed by atoms with E-state index in [0.29, 0.717) is 5.92 Å². The second kappa shape index (κ2) is 5.78. The van der Waals surface area contributed by atoms with E-state index < -0.39 is 0 Å². The SMILES string of the molecule is COCCNCC1CCc2nc(C3(C)CC3)ncc2C1. The van der Waals surface area contributed by atoms with Gasteiger partial charge in [-0.3, -0.25) is 0 Å². The number of aromatic nitrogens is 2. The van der Waals surface area contributed by atoms with Crippen LogP contribution in [0.2, 0.25) is 0 Å². The second-order valence-electron chi connectivity index (χ2n) is 6.53. The van der Waals surface area contributed by atoms with E-state index in [1.165, 1.54) is 30.5 Å². The Morgan fingerprint density at radius 2 is 2.30 bits per heavy atom. The maximum absolute atomic E-state index is 5.06. The van der Waals surface area contributed by atoms with Crippen LogP contribution >= 0.6 is 0 Å². The molecule has 1 unspecified atom stereocenters. The van der Waals surface area contributed by atoms with Crippen molar-refractivity contribution in [2.24, 2.45) is 5.92 Å². The van der Waals surface area contributed by atoms with Crippen LogP contribution < -0.4 is 5.32 Å². The molecule has 0 bridgehead atoms. The molecule has 0 amide bonds. The minimum absolute atomic E-state index is 0.285. The van der Waals surface area contributed by atoms with Crippen molar-refractivity contribution in [2.45, 2.75) is 44.4 Å². The first-order valence-corrected chi connectivity index (χ1v) is 7.76. The Labute approximate surface area is 121 Å². The highest BCUT2D eigenvalue weighted by molar-refractivity contribution is 5.25. The molecule has 2 aliphatic rings. The standard InChI is InChI=1S/C16H25N3O/c1-16(5-6-16)15-18-11-13-9-12(3-4-14(13)19-15)10-17-7-8-20-2/h11-12,17H,3-10H2,1-2H3. The van der Waals surface area contributed by atoms with E-state index in [1.807, 2.05) is 0 Å². The lowest BCUT2D eigenvalue weighted by molar-refractivity contribution is 0.197. The quantitative estimate of drug-likeness (QED) is 0.805. The van der Waals surface area contributed by atoms with Crippen molar-refractivity contribution < 1.29 is 4.74 Å². The van der Waals surface area contributed by atoms with Crippen molar-refractivity contribution in [2.75, 3.05) is 26.8 Å². The first-order chi connectivity index (χ1) is 9.71. The van der Waals surface area contributed by atoms with E-state index in [9.17, 15) is 0 Å². The van der Waals surface area contributed by atoms with Gasteiger partial charge in [0.1, 0.15) is 5.82 Å². The van der Waals surface area contributed by atoms with Gasteiger partial charge in [-0.25, -0.2) is 9.97 Å². The van der Waals surface area contributed by atoms with E-state index in [-0.39, 0.29) is 5.41 Å². The number of hydrogen-bond acceptors (Lipinski definition) is 4. The van der Waals surface area contributed by atoms with Gasteiger partial charge in [-0.15, -0.1) is 0 Å². The molecule has 0 spiro atoms. The van der Waals surface area contributed by atoms with Crippen LogP contribution in [0.15, 0.2) is 6.20 Å². The summed E-state index contributed by atoms with van der Waals surface area (Å²) in [6, 6.07) is 0. The fourth-order valence-corrected chi connectivity index (χ4v) is 2.94. The van der Waals surface area contributed by atoms with Crippen molar-refractivity contribution in [1.82, 2.24) is 15.3 Å². The van der Waals surface area contributed by atoms with Crippen LogP contribution in [0.5, 0.6) is 0 Å². The lowest BCUT2D eigenvalue weighted by Gasteiger charge is -2.24. The third-order valence-corrected chi connectivity index (χ3v) is 4.71. The highest BCUT2D eigenvalue weighted by atomic mass is 16.5. The number of rotatable bonds is 6. The van der Waals surface area contributed by atoms with Gasteiger partial charge in [-0.2, -0.15) is 0 Å². The zero-order chi connectivity index (χ0) is 14.0. The van der Waals surface area contributed by atoms with Crippen LogP contribution in [0.3, 0.4) is 0 Å². The average Bonchev–Trinajstić information content (AvgIpc) is 3.22. The van der Waals surface area contributed by atoms with Crippen LogP contribution in [0.4, 0.5) is 0 Å². The number of methoxy groups -OCH3 is 1. The van der Waals surface area contributed by atoms with Crippen LogP contribution in [0.1, 0.15) is 43.3 Å². The molecule has 1 heterocycles. The van der Waals surface area contributed by atoms with Gasteiger partial charge in [0.2, 0.25) is 0 Å². The summed E-state index contributed by atoms with van der Waals surface area (Å²) in [5, 5.41) is 3.47. The summed E-state index contributed by atoms with van der Waals surface area (Å²) in [6.45, 7) is 5.07. The largest absolute Gasteiger partial charge is 0.383 e. The molecule has 0 aliphatic heterocycles. The Balaban J connectivity index is 1.58. The molecule has 1 aromatic rings. The number of aryl methyl sites for hydroxylation is 1. The summed E-state index contributed by atoms with van der Waals surface area (Å²) in [4.78, 5) is 9.46. The molecule has 1 aromatic heterocycles. The monoisotopic (exact) mass is 275 g/mol. The Kier molecular flexibility index (Phi) is 4.03. The molecule has 4 nitrogen and oxygen atoms in total. The van der Waals surface area contributed by atoms with Crippen molar-refractivity contribution in [3.05, 3.63) is 23.3 Å². The Morgan fingerprint density at radius 3 is 3.05 bits per heavy atom. The molecular formula is C16H25N3O. The van der Waals surface area contributed by atoms with Crippen LogP contribution in [0.25, 0.3) is 0 Å². The van der Waals surface area contributed by atoms with E-state index in [0.717, 1.165) is 38.4 Å². The second-order valence-corrected chi connectivity index (χ2v) is 6.53. The smallest absolute Gasteiger partial charge is 0.134 e. The van der Waals surface area contributed by atoms with Crippen molar-refractivity contribution >= 4 is 0 Å². The van der Waals surface area contributed by atoms with Gasteiger partial charge >= 0.3 is 0 Å². The minimum Gasteiger partial charge on any atom is -0.383 e. The Morgan fingerprint density at radius 1 is 1.45 bits per heavy atom. The number of nitrogens with zero attached hydrogens (tertiary/aromatic N) is 2. The van der Waals surface area contributed by atoms with Crippen LogP contribution in [-0.4, -0.2) is 36.8 Å². The zero-order valence-corrected chi connectivity index (χ0v) is 12.6. The third kappa shape index (κ3) is 3.01.